The van der Waals surface area contributed by atoms with Gasteiger partial charge in [-0.3, -0.25) is 20.4 Å². The number of methoxy groups -OCH3 is 1. The second-order valence-electron chi connectivity index (χ2n) is 2.89. The molecule has 0 spiro atoms. The molecular formula is C14H16CrO5. The van der Waals surface area contributed by atoms with Crippen molar-refractivity contribution in [2.24, 2.45) is 0 Å². The van der Waals surface area contributed by atoms with Crippen LogP contribution in [0.2, 0.25) is 0 Å². The van der Waals surface area contributed by atoms with E-state index >= 15 is 0 Å². The van der Waals surface area contributed by atoms with Crippen molar-refractivity contribution in [3.63, 3.8) is 0 Å². The van der Waals surface area contributed by atoms with E-state index in [0.717, 1.165) is 17.7 Å². The predicted octanol–water partition coefficient (Wildman–Crippen LogP) is 1.21. The molecule has 0 saturated heterocycles. The summed E-state index contributed by atoms with van der Waals surface area (Å²) in [4.78, 5) is 33.9. The zero-order valence-corrected chi connectivity index (χ0v) is 12.4. The van der Waals surface area contributed by atoms with Gasteiger partial charge < -0.3 is 30.8 Å². The van der Waals surface area contributed by atoms with Gasteiger partial charge in [0.2, 0.25) is 0 Å². The van der Waals surface area contributed by atoms with E-state index in [4.69, 9.17) is 19.1 Å². The van der Waals surface area contributed by atoms with Crippen LogP contribution in [0.25, 0.3) is 0 Å². The molecule has 0 aromatic heterocycles. The van der Waals surface area contributed by atoms with Crippen LogP contribution in [0.3, 0.4) is 0 Å². The van der Waals surface area contributed by atoms with Crippen LogP contribution >= 0.6 is 0 Å². The first kappa shape index (κ1) is 26.6. The number of ether oxygens (including phenoxy) is 1. The van der Waals surface area contributed by atoms with Crippen LogP contribution in [0.4, 0.5) is 0 Å². The SMILES string of the molecule is [CH-]=O.[CH-]=O.[CH-]=O.[CH2-]C(=O)CCc1ccc(OC)cc1.[Cr+4]. The maximum atomic E-state index is 10.6. The quantitative estimate of drug-likeness (QED) is 0.616. The molecule has 0 radical (unpaired) electrons. The van der Waals surface area contributed by atoms with Gasteiger partial charge in [0.1, 0.15) is 5.75 Å². The standard InChI is InChI=1S/C11H13O2.3CHO.Cr/c1-9(12)3-4-10-5-7-11(13-2)8-6-10;3*1-2;/h5-8H,1,3-4H2,2H3;3*1H;/q4*-1;+4. The molecule has 0 aliphatic heterocycles. The van der Waals surface area contributed by atoms with Crippen LogP contribution < -0.4 is 4.74 Å². The van der Waals surface area contributed by atoms with Crippen molar-refractivity contribution in [3.05, 3.63) is 36.8 Å². The third-order valence-electron chi connectivity index (χ3n) is 1.85. The fourth-order valence-corrected chi connectivity index (χ4v) is 1.08. The van der Waals surface area contributed by atoms with Crippen molar-refractivity contribution in [3.8, 4) is 5.75 Å². The van der Waals surface area contributed by atoms with Gasteiger partial charge >= 0.3 is 17.4 Å². The van der Waals surface area contributed by atoms with E-state index in [2.05, 4.69) is 27.3 Å². The number of aryl methyl sites for hydroxylation is 1. The summed E-state index contributed by atoms with van der Waals surface area (Å²) in [6.45, 7) is 13.1. The molecule has 1 rings (SSSR count). The topological polar surface area (TPSA) is 77.5 Å². The van der Waals surface area contributed by atoms with Gasteiger partial charge in [0, 0.05) is 0 Å². The molecule has 0 aliphatic rings. The fraction of sp³-hybridized carbons (Fsp3) is 0.214. The molecule has 0 N–H and O–H groups in total. The van der Waals surface area contributed by atoms with Gasteiger partial charge in [0.25, 0.3) is 0 Å². The van der Waals surface area contributed by atoms with Crippen molar-refractivity contribution < 1.29 is 41.3 Å². The third kappa shape index (κ3) is 16.1. The Labute approximate surface area is 130 Å². The average molecular weight is 316 g/mol. The largest absolute Gasteiger partial charge is 4.00 e. The Morgan fingerprint density at radius 2 is 1.45 bits per heavy atom. The number of carbonyl (C=O) groups excluding carboxylic acids is 4. The van der Waals surface area contributed by atoms with E-state index in [-0.39, 0.29) is 23.1 Å². The number of rotatable bonds is 4. The maximum absolute atomic E-state index is 10.6. The minimum absolute atomic E-state index is 0. The fourth-order valence-electron chi connectivity index (χ4n) is 1.08. The Bertz CT molecular complexity index is 322. The summed E-state index contributed by atoms with van der Waals surface area (Å²) in [7, 11) is 1.63. The molecule has 5 nitrogen and oxygen atoms in total. The molecule has 0 fully saturated rings. The summed E-state index contributed by atoms with van der Waals surface area (Å²) in [6.07, 6.45) is 1.26. The minimum Gasteiger partial charge on any atom is -0.545 e. The molecule has 0 bridgehead atoms. The van der Waals surface area contributed by atoms with Crippen molar-refractivity contribution in [1.29, 1.82) is 0 Å². The number of benzene rings is 1. The van der Waals surface area contributed by atoms with E-state index in [9.17, 15) is 4.79 Å². The smallest absolute Gasteiger partial charge is 0.545 e. The van der Waals surface area contributed by atoms with Gasteiger partial charge in [-0.25, -0.2) is 0 Å². The molecule has 20 heavy (non-hydrogen) atoms. The molecule has 0 heterocycles. The van der Waals surface area contributed by atoms with Gasteiger partial charge in [-0.1, -0.05) is 12.1 Å². The van der Waals surface area contributed by atoms with Gasteiger partial charge in [-0.2, -0.15) is 0 Å². The van der Waals surface area contributed by atoms with E-state index in [1.165, 1.54) is 0 Å². The maximum Gasteiger partial charge on any atom is 4.00 e. The van der Waals surface area contributed by atoms with E-state index < -0.39 is 0 Å². The van der Waals surface area contributed by atoms with Gasteiger partial charge in [0.05, 0.1) is 7.11 Å². The molecule has 0 amide bonds. The average Bonchev–Trinajstić information content (AvgIpc) is 2.51. The summed E-state index contributed by atoms with van der Waals surface area (Å²) in [6, 6.07) is 7.70. The molecule has 0 atom stereocenters. The predicted molar refractivity (Wildman–Crippen MR) is 71.9 cm³/mol. The van der Waals surface area contributed by atoms with Crippen LogP contribution in [-0.2, 0) is 43.0 Å². The molecule has 0 aliphatic carbocycles. The minimum atomic E-state index is -0.0178. The third-order valence-corrected chi connectivity index (χ3v) is 1.85. The van der Waals surface area contributed by atoms with E-state index in [1.807, 2.05) is 24.3 Å². The molecule has 1 aromatic carbocycles. The van der Waals surface area contributed by atoms with Gasteiger partial charge in [-0.05, 0) is 36.3 Å². The summed E-state index contributed by atoms with van der Waals surface area (Å²) in [5.41, 5.74) is 1.14. The number of carbonyl (C=O) groups is 1. The molecule has 1 aromatic rings. The molecule has 108 valence electrons. The number of ketones is 1. The van der Waals surface area contributed by atoms with Crippen LogP contribution in [0, 0.1) is 6.92 Å². The number of hydrogen-bond acceptors (Lipinski definition) is 5. The monoisotopic (exact) mass is 316 g/mol. The van der Waals surface area contributed by atoms with Crippen molar-refractivity contribution >= 4 is 26.2 Å². The Morgan fingerprint density at radius 1 is 1.05 bits per heavy atom. The Kier molecular flexibility index (Phi) is 29.7. The number of Topliss-reactive ketones (excluding diaryl/α,β-unsaturated/α-hetero) is 1. The second-order valence-corrected chi connectivity index (χ2v) is 2.89. The van der Waals surface area contributed by atoms with E-state index in [1.54, 1.807) is 7.11 Å². The van der Waals surface area contributed by atoms with Crippen molar-refractivity contribution in [2.45, 2.75) is 12.8 Å². The summed E-state index contributed by atoms with van der Waals surface area (Å²) in [5.74, 6) is 0.820. The van der Waals surface area contributed by atoms with E-state index in [0.29, 0.717) is 6.42 Å². The summed E-state index contributed by atoms with van der Waals surface area (Å²) >= 11 is 0. The van der Waals surface area contributed by atoms with Gasteiger partial charge in [-0.15, -0.1) is 0 Å². The van der Waals surface area contributed by atoms with Crippen LogP contribution in [-0.4, -0.2) is 33.3 Å². The molecule has 6 heteroatoms. The Hall–Kier alpha value is -1.90. The van der Waals surface area contributed by atoms with Gasteiger partial charge in [0.15, 0.2) is 0 Å². The zero-order chi connectivity index (χ0) is 15.7. The normalized spacial score (nSPS) is 6.85. The summed E-state index contributed by atoms with van der Waals surface area (Å²) < 4.78 is 5.02. The Morgan fingerprint density at radius 3 is 1.75 bits per heavy atom. The molecular weight excluding hydrogens is 300 g/mol. The first-order valence-electron chi connectivity index (χ1n) is 4.91. The Balaban J connectivity index is -0.000000162. The number of hydrogen-bond donors (Lipinski definition) is 0. The molecule has 0 saturated carbocycles. The zero-order valence-electron chi connectivity index (χ0n) is 11.1. The van der Waals surface area contributed by atoms with Crippen LogP contribution in [0.15, 0.2) is 24.3 Å². The second kappa shape index (κ2) is 22.3. The first-order chi connectivity index (χ1) is 9.22. The van der Waals surface area contributed by atoms with Crippen molar-refractivity contribution in [1.82, 2.24) is 0 Å². The van der Waals surface area contributed by atoms with Crippen LogP contribution in [0.5, 0.6) is 5.75 Å². The molecule has 0 unspecified atom stereocenters. The van der Waals surface area contributed by atoms with Crippen LogP contribution in [0.1, 0.15) is 12.0 Å². The summed E-state index contributed by atoms with van der Waals surface area (Å²) in [5, 5.41) is 0. The van der Waals surface area contributed by atoms with Crippen molar-refractivity contribution in [2.75, 3.05) is 7.11 Å². The first-order valence-corrected chi connectivity index (χ1v) is 4.91.